The lowest BCUT2D eigenvalue weighted by atomic mass is 10.2. The van der Waals surface area contributed by atoms with Gasteiger partial charge in [0, 0.05) is 20.2 Å². The number of likely N-dealkylation sites (N-methyl/N-ethyl adjacent to an activating group) is 1. The number of hydrogen-bond acceptors (Lipinski definition) is 4. The van der Waals surface area contributed by atoms with Gasteiger partial charge < -0.3 is 15.4 Å². The molecule has 0 fully saturated rings. The lowest BCUT2D eigenvalue weighted by Crippen LogP contribution is -2.31. The average molecular weight is 241 g/mol. The summed E-state index contributed by atoms with van der Waals surface area (Å²) in [5.74, 6) is -0.922. The molecule has 0 aliphatic carbocycles. The first-order valence-electron chi connectivity index (χ1n) is 5.30. The molecule has 0 aliphatic rings. The highest BCUT2D eigenvalue weighted by molar-refractivity contribution is 5.98. The Kier molecular flexibility index (Phi) is 4.84. The maximum Gasteiger partial charge on any atom is 0.257 e. The Bertz CT molecular complexity index is 398. The van der Waals surface area contributed by atoms with E-state index in [1.54, 1.807) is 7.05 Å². The first kappa shape index (κ1) is 13.4. The minimum Gasteiger partial charge on any atom is -0.383 e. The van der Waals surface area contributed by atoms with Crippen molar-refractivity contribution in [2.24, 2.45) is 0 Å². The van der Waals surface area contributed by atoms with Crippen LogP contribution in [0.2, 0.25) is 0 Å². The summed E-state index contributed by atoms with van der Waals surface area (Å²) in [5, 5.41) is 0. The number of halogens is 1. The van der Waals surface area contributed by atoms with E-state index in [1.807, 2.05) is 6.92 Å². The third kappa shape index (κ3) is 3.67. The van der Waals surface area contributed by atoms with Crippen LogP contribution in [-0.2, 0) is 4.74 Å². The molecule has 1 heterocycles. The number of carbonyl (C=O) groups is 1. The number of nitrogen functional groups attached to an aromatic ring is 1. The van der Waals surface area contributed by atoms with Gasteiger partial charge in [0.25, 0.3) is 5.91 Å². The van der Waals surface area contributed by atoms with Crippen LogP contribution in [0, 0.1) is 5.82 Å². The standard InChI is InChI=1S/C11H16FN3O2/c1-3-17-5-4-15(2)11(16)9-6-8(12)7-14-10(9)13/h6-7H,3-5H2,1-2H3,(H2,13,14). The summed E-state index contributed by atoms with van der Waals surface area (Å²) in [6, 6.07) is 1.09. The molecule has 0 saturated carbocycles. The zero-order valence-corrected chi connectivity index (χ0v) is 9.94. The van der Waals surface area contributed by atoms with Gasteiger partial charge in [0.15, 0.2) is 0 Å². The van der Waals surface area contributed by atoms with Gasteiger partial charge >= 0.3 is 0 Å². The molecule has 0 aliphatic heterocycles. The quantitative estimate of drug-likeness (QED) is 0.778. The fraction of sp³-hybridized carbons (Fsp3) is 0.455. The molecular formula is C11H16FN3O2. The lowest BCUT2D eigenvalue weighted by molar-refractivity contribution is 0.0710. The second-order valence-corrected chi connectivity index (χ2v) is 3.51. The van der Waals surface area contributed by atoms with Crippen LogP contribution in [-0.4, -0.2) is 42.6 Å². The van der Waals surface area contributed by atoms with Gasteiger partial charge in [-0.15, -0.1) is 0 Å². The summed E-state index contributed by atoms with van der Waals surface area (Å²) in [4.78, 5) is 16.9. The van der Waals surface area contributed by atoms with E-state index in [4.69, 9.17) is 10.5 Å². The van der Waals surface area contributed by atoms with Crippen molar-refractivity contribution in [3.63, 3.8) is 0 Å². The third-order valence-corrected chi connectivity index (χ3v) is 2.24. The zero-order valence-electron chi connectivity index (χ0n) is 9.94. The summed E-state index contributed by atoms with van der Waals surface area (Å²) in [5.41, 5.74) is 5.60. The van der Waals surface area contributed by atoms with Crippen LogP contribution in [0.5, 0.6) is 0 Å². The van der Waals surface area contributed by atoms with Crippen molar-refractivity contribution in [2.75, 3.05) is 32.5 Å². The number of carbonyl (C=O) groups excluding carboxylic acids is 1. The van der Waals surface area contributed by atoms with Gasteiger partial charge in [0.05, 0.1) is 18.4 Å². The van der Waals surface area contributed by atoms with E-state index < -0.39 is 5.82 Å². The van der Waals surface area contributed by atoms with E-state index in [0.717, 1.165) is 12.3 Å². The predicted molar refractivity (Wildman–Crippen MR) is 62.1 cm³/mol. The van der Waals surface area contributed by atoms with Crippen molar-refractivity contribution in [1.82, 2.24) is 9.88 Å². The van der Waals surface area contributed by atoms with Crippen molar-refractivity contribution >= 4 is 11.7 Å². The maximum absolute atomic E-state index is 13.0. The maximum atomic E-state index is 13.0. The molecule has 0 aromatic carbocycles. The SMILES string of the molecule is CCOCCN(C)C(=O)c1cc(F)cnc1N. The minimum absolute atomic E-state index is 0.0275. The van der Waals surface area contributed by atoms with Gasteiger partial charge in [-0.25, -0.2) is 9.37 Å². The van der Waals surface area contributed by atoms with Crippen LogP contribution in [0.1, 0.15) is 17.3 Å². The van der Waals surface area contributed by atoms with Crippen LogP contribution in [0.25, 0.3) is 0 Å². The van der Waals surface area contributed by atoms with Crippen LogP contribution in [0.4, 0.5) is 10.2 Å². The summed E-state index contributed by atoms with van der Waals surface area (Å²) in [6.45, 7) is 3.31. The molecule has 0 atom stereocenters. The summed E-state index contributed by atoms with van der Waals surface area (Å²) in [6.07, 6.45) is 0.978. The highest BCUT2D eigenvalue weighted by atomic mass is 19.1. The lowest BCUT2D eigenvalue weighted by Gasteiger charge is -2.17. The largest absolute Gasteiger partial charge is 0.383 e. The minimum atomic E-state index is -0.583. The number of ether oxygens (including phenoxy) is 1. The number of aromatic nitrogens is 1. The second kappa shape index (κ2) is 6.15. The third-order valence-electron chi connectivity index (χ3n) is 2.24. The van der Waals surface area contributed by atoms with Crippen molar-refractivity contribution in [2.45, 2.75) is 6.92 Å². The van der Waals surface area contributed by atoms with E-state index in [9.17, 15) is 9.18 Å². The van der Waals surface area contributed by atoms with Gasteiger partial charge in [-0.2, -0.15) is 0 Å². The van der Waals surface area contributed by atoms with E-state index in [1.165, 1.54) is 4.90 Å². The molecule has 94 valence electrons. The Labute approximate surface area is 99.4 Å². The fourth-order valence-corrected chi connectivity index (χ4v) is 1.27. The van der Waals surface area contributed by atoms with Crippen molar-refractivity contribution in [1.29, 1.82) is 0 Å². The van der Waals surface area contributed by atoms with Crippen LogP contribution in [0.3, 0.4) is 0 Å². The van der Waals surface area contributed by atoms with Gasteiger partial charge in [0.1, 0.15) is 11.6 Å². The Hall–Kier alpha value is -1.69. The van der Waals surface area contributed by atoms with Gasteiger partial charge in [0.2, 0.25) is 0 Å². The molecule has 6 heteroatoms. The molecule has 0 bridgehead atoms. The Morgan fingerprint density at radius 1 is 1.65 bits per heavy atom. The topological polar surface area (TPSA) is 68.5 Å². The molecule has 0 saturated heterocycles. The second-order valence-electron chi connectivity index (χ2n) is 3.51. The van der Waals surface area contributed by atoms with Crippen molar-refractivity contribution < 1.29 is 13.9 Å². The number of rotatable bonds is 5. The molecule has 1 rings (SSSR count). The van der Waals surface area contributed by atoms with Crippen molar-refractivity contribution in [3.8, 4) is 0 Å². The van der Waals surface area contributed by atoms with Crippen LogP contribution >= 0.6 is 0 Å². The molecule has 1 aromatic rings. The van der Waals surface area contributed by atoms with Gasteiger partial charge in [-0.1, -0.05) is 0 Å². The molecule has 1 aromatic heterocycles. The monoisotopic (exact) mass is 241 g/mol. The predicted octanol–water partition coefficient (Wildman–Crippen LogP) is 0.911. The summed E-state index contributed by atoms with van der Waals surface area (Å²) < 4.78 is 18.1. The normalized spacial score (nSPS) is 10.3. The zero-order chi connectivity index (χ0) is 12.8. The van der Waals surface area contributed by atoms with E-state index in [2.05, 4.69) is 4.98 Å². The van der Waals surface area contributed by atoms with E-state index in [0.29, 0.717) is 19.8 Å². The number of amides is 1. The molecular weight excluding hydrogens is 225 g/mol. The summed E-state index contributed by atoms with van der Waals surface area (Å²) >= 11 is 0. The highest BCUT2D eigenvalue weighted by Gasteiger charge is 2.16. The highest BCUT2D eigenvalue weighted by Crippen LogP contribution is 2.12. The van der Waals surface area contributed by atoms with Crippen molar-refractivity contribution in [3.05, 3.63) is 23.6 Å². The number of nitrogens with zero attached hydrogens (tertiary/aromatic N) is 2. The Balaban J connectivity index is 2.71. The first-order chi connectivity index (χ1) is 8.06. The average Bonchev–Trinajstić information content (AvgIpc) is 2.31. The van der Waals surface area contributed by atoms with Crippen LogP contribution < -0.4 is 5.73 Å². The number of nitrogens with two attached hydrogens (primary N) is 1. The Morgan fingerprint density at radius 3 is 3.00 bits per heavy atom. The molecule has 17 heavy (non-hydrogen) atoms. The molecule has 0 unspecified atom stereocenters. The molecule has 0 radical (unpaired) electrons. The van der Waals surface area contributed by atoms with Gasteiger partial charge in [-0.3, -0.25) is 4.79 Å². The number of hydrogen-bond donors (Lipinski definition) is 1. The molecule has 2 N–H and O–H groups in total. The Morgan fingerprint density at radius 2 is 2.35 bits per heavy atom. The number of pyridine rings is 1. The smallest absolute Gasteiger partial charge is 0.257 e. The number of anilines is 1. The molecule has 1 amide bonds. The first-order valence-corrected chi connectivity index (χ1v) is 5.30. The van der Waals surface area contributed by atoms with Crippen LogP contribution in [0.15, 0.2) is 12.3 Å². The van der Waals surface area contributed by atoms with Gasteiger partial charge in [-0.05, 0) is 13.0 Å². The van der Waals surface area contributed by atoms with E-state index >= 15 is 0 Å². The molecule has 0 spiro atoms. The van der Waals surface area contributed by atoms with E-state index in [-0.39, 0.29) is 17.3 Å². The molecule has 5 nitrogen and oxygen atoms in total. The fourth-order valence-electron chi connectivity index (χ4n) is 1.27. The summed E-state index contributed by atoms with van der Waals surface area (Å²) in [7, 11) is 1.60.